The normalized spacial score (nSPS) is 20.3. The van der Waals surface area contributed by atoms with Crippen molar-refractivity contribution in [3.63, 3.8) is 0 Å². The van der Waals surface area contributed by atoms with Crippen LogP contribution >= 0.6 is 24.5 Å². The van der Waals surface area contributed by atoms with Crippen molar-refractivity contribution in [2.75, 3.05) is 32.8 Å². The molecule has 6 atom stereocenters. The Morgan fingerprint density at radius 2 is 1.46 bits per heavy atom. The van der Waals surface area contributed by atoms with Gasteiger partial charge >= 0.3 is 5.69 Å². The van der Waals surface area contributed by atoms with Gasteiger partial charge in [0.05, 0.1) is 39.9 Å². The molecule has 1 aromatic heterocycles. The average molecular weight is 1030 g/mol. The second-order valence-electron chi connectivity index (χ2n) is 17.5. The summed E-state index contributed by atoms with van der Waals surface area (Å²) >= 11 is 3.62. The highest BCUT2D eigenvalue weighted by molar-refractivity contribution is 9.10. The minimum atomic E-state index is -1.85. The molecule has 1 unspecified atom stereocenters. The van der Waals surface area contributed by atoms with E-state index >= 15 is 0 Å². The average Bonchev–Trinajstić information content (AvgIpc) is 3.89. The monoisotopic (exact) mass is 1030 g/mol. The van der Waals surface area contributed by atoms with Crippen molar-refractivity contribution >= 4 is 36.2 Å². The fourth-order valence-corrected chi connectivity index (χ4v) is 11.4. The largest absolute Gasteiger partial charge is 0.497 e. The van der Waals surface area contributed by atoms with Gasteiger partial charge in [-0.2, -0.15) is 10.2 Å². The van der Waals surface area contributed by atoms with Gasteiger partial charge < -0.3 is 38.0 Å². The molecule has 0 spiro atoms. The molecular formula is C54H57BrN5O9P. The Morgan fingerprint density at radius 1 is 0.871 bits per heavy atom. The summed E-state index contributed by atoms with van der Waals surface area (Å²) in [4.78, 5) is 31.3. The smallest absolute Gasteiger partial charge is 0.351 e. The Bertz CT molecular complexity index is 2720. The maximum absolute atomic E-state index is 14.0. The molecule has 0 radical (unpaired) electrons. The maximum atomic E-state index is 14.0. The number of nitrogens with zero attached hydrogens (tertiary/aromatic N) is 4. The number of aromatic nitrogens is 2. The van der Waals surface area contributed by atoms with Crippen LogP contribution in [0, 0.1) is 11.3 Å². The van der Waals surface area contributed by atoms with Gasteiger partial charge in [-0.15, -0.1) is 0 Å². The molecule has 0 bridgehead atoms. The minimum absolute atomic E-state index is 0.0114. The Kier molecular flexibility index (Phi) is 16.3. The Labute approximate surface area is 418 Å². The number of rotatable bonds is 20. The van der Waals surface area contributed by atoms with Gasteiger partial charge in [0.15, 0.2) is 0 Å². The Hall–Kier alpha value is -5.79. The molecule has 3 heterocycles. The van der Waals surface area contributed by atoms with Gasteiger partial charge in [-0.1, -0.05) is 101 Å². The van der Waals surface area contributed by atoms with Gasteiger partial charge in [0.25, 0.3) is 14.4 Å². The second-order valence-corrected chi connectivity index (χ2v) is 19.8. The first-order valence-corrected chi connectivity index (χ1v) is 25.1. The van der Waals surface area contributed by atoms with Crippen LogP contribution in [0.4, 0.5) is 5.82 Å². The van der Waals surface area contributed by atoms with E-state index in [-0.39, 0.29) is 44.0 Å². The van der Waals surface area contributed by atoms with E-state index in [2.05, 4.69) is 64.7 Å². The molecule has 5 aromatic carbocycles. The van der Waals surface area contributed by atoms with Crippen molar-refractivity contribution in [3.05, 3.63) is 188 Å². The maximum Gasteiger partial charge on any atom is 0.351 e. The van der Waals surface area contributed by atoms with Gasteiger partial charge in [-0.3, -0.25) is 9.36 Å². The van der Waals surface area contributed by atoms with Gasteiger partial charge in [-0.05, 0) is 105 Å². The molecule has 0 aliphatic carbocycles. The van der Waals surface area contributed by atoms with E-state index in [1.165, 1.54) is 4.57 Å². The molecule has 1 amide bonds. The predicted octanol–water partition coefficient (Wildman–Crippen LogP) is 10.5. The number of amides is 1. The van der Waals surface area contributed by atoms with E-state index in [0.29, 0.717) is 17.1 Å². The van der Waals surface area contributed by atoms with Crippen molar-refractivity contribution in [1.29, 1.82) is 5.26 Å². The number of fused-ring (bicyclic) bond motifs is 1. The number of carbonyl (C=O) groups is 1. The fourth-order valence-electron chi connectivity index (χ4n) is 9.35. The third-order valence-electron chi connectivity index (χ3n) is 12.5. The molecule has 2 fully saturated rings. The Balaban J connectivity index is 1.24. The molecular weight excluding hydrogens is 973 g/mol. The fraction of sp³-hybridized carbons (Fsp3) is 0.333. The SMILES string of the molecule is COc1ccc(C(OC[C@H]2O[C@]3(c4ccc(Br)cc4)C[C@@H](n4ccc(NC(=O)c5ccccc5)nc4=O)O[C@@H]3[C@@H]2OP(OCCC#N)N(C(C)C)C(C)C)(c2ccccc2)c2ccc(OC)cc2)cc1. The highest BCUT2D eigenvalue weighted by atomic mass is 79.9. The first-order chi connectivity index (χ1) is 33.9. The topological polar surface area (TPSA) is 156 Å². The quantitative estimate of drug-likeness (QED) is 0.0439. The number of halogens is 1. The molecule has 2 aliphatic heterocycles. The van der Waals surface area contributed by atoms with E-state index in [1.54, 1.807) is 50.7 Å². The van der Waals surface area contributed by atoms with Crippen molar-refractivity contribution in [1.82, 2.24) is 14.2 Å². The predicted molar refractivity (Wildman–Crippen MR) is 270 cm³/mol. The molecule has 8 rings (SSSR count). The number of nitriles is 1. The molecule has 0 saturated carbocycles. The third-order valence-corrected chi connectivity index (χ3v) is 15.2. The molecule has 2 aliphatic rings. The first-order valence-electron chi connectivity index (χ1n) is 23.2. The summed E-state index contributed by atoms with van der Waals surface area (Å²) in [6, 6.07) is 46.0. The van der Waals surface area contributed by atoms with E-state index in [0.717, 1.165) is 26.7 Å². The number of ether oxygens (including phenoxy) is 5. The lowest BCUT2D eigenvalue weighted by Crippen LogP contribution is -2.43. The molecule has 70 heavy (non-hydrogen) atoms. The van der Waals surface area contributed by atoms with E-state index in [9.17, 15) is 14.9 Å². The van der Waals surface area contributed by atoms with Crippen molar-refractivity contribution in [2.45, 2.75) is 88.4 Å². The number of anilines is 1. The van der Waals surface area contributed by atoms with Crippen LogP contribution in [0.2, 0.25) is 0 Å². The number of nitrogens with one attached hydrogen (secondary N) is 1. The lowest BCUT2D eigenvalue weighted by molar-refractivity contribution is -0.114. The summed E-state index contributed by atoms with van der Waals surface area (Å²) in [5.41, 5.74) is 0.731. The van der Waals surface area contributed by atoms with Crippen LogP contribution < -0.4 is 20.5 Å². The van der Waals surface area contributed by atoms with E-state index in [1.807, 2.05) is 109 Å². The van der Waals surface area contributed by atoms with Gasteiger partial charge in [-0.25, -0.2) is 9.46 Å². The standard InChI is InChI=1S/C54H57BrN5O9P/c1-36(2)60(37(3)4)70(66-33-13-31-56)69-49-46(35-65-54(40-16-11-8-12-17-40,41-20-26-44(63-5)27-21-41)42-22-28-45(64-6)29-23-42)68-53(39-18-24-43(55)25-19-39)34-48(67-50(49)53)59-32-30-47(58-52(59)62)57-51(61)38-14-9-7-10-15-38/h7-12,14-30,32,36-37,46,48-50H,13,33-35H2,1-6H3,(H,57,58,61,62)/t46-,48+,49-,50-,53+,70?/m1/s1. The zero-order valence-electron chi connectivity index (χ0n) is 39.9. The van der Waals surface area contributed by atoms with E-state index in [4.69, 9.17) is 32.7 Å². The Morgan fingerprint density at radius 3 is 2.01 bits per heavy atom. The number of hydrogen-bond donors (Lipinski definition) is 1. The molecule has 364 valence electrons. The summed E-state index contributed by atoms with van der Waals surface area (Å²) in [5.74, 6) is 1.08. The van der Waals surface area contributed by atoms with Crippen molar-refractivity contribution in [2.24, 2.45) is 0 Å². The highest BCUT2D eigenvalue weighted by Gasteiger charge is 2.64. The van der Waals surface area contributed by atoms with Crippen LogP contribution in [0.1, 0.15) is 79.4 Å². The number of methoxy groups -OCH3 is 2. The minimum Gasteiger partial charge on any atom is -0.497 e. The summed E-state index contributed by atoms with van der Waals surface area (Å²) in [6.45, 7) is 8.44. The first kappa shape index (κ1) is 50.6. The molecule has 1 N–H and O–H groups in total. The van der Waals surface area contributed by atoms with Crippen LogP contribution in [-0.4, -0.2) is 78.0 Å². The lowest BCUT2D eigenvalue weighted by Gasteiger charge is -2.39. The second kappa shape index (κ2) is 22.5. The van der Waals surface area contributed by atoms with Crippen LogP contribution in [-0.2, 0) is 34.5 Å². The molecule has 2 saturated heterocycles. The zero-order valence-corrected chi connectivity index (χ0v) is 42.4. The molecule has 6 aromatic rings. The van der Waals surface area contributed by atoms with Crippen LogP contribution in [0.25, 0.3) is 0 Å². The van der Waals surface area contributed by atoms with Gasteiger partial charge in [0.1, 0.15) is 53.1 Å². The summed E-state index contributed by atoms with van der Waals surface area (Å²) < 4.78 is 51.7. The van der Waals surface area contributed by atoms with Crippen molar-refractivity contribution < 1.29 is 37.5 Å². The molecule has 14 nitrogen and oxygen atoms in total. The number of benzene rings is 5. The number of carbonyl (C=O) groups excluding carboxylic acids is 1. The van der Waals surface area contributed by atoms with Crippen LogP contribution in [0.3, 0.4) is 0 Å². The lowest BCUT2D eigenvalue weighted by atomic mass is 9.80. The van der Waals surface area contributed by atoms with Crippen LogP contribution in [0.15, 0.2) is 155 Å². The van der Waals surface area contributed by atoms with Gasteiger partial charge in [0.2, 0.25) is 0 Å². The summed E-state index contributed by atoms with van der Waals surface area (Å²) in [7, 11) is 1.42. The number of hydrogen-bond acceptors (Lipinski definition) is 12. The van der Waals surface area contributed by atoms with Gasteiger partial charge in [0, 0.05) is 34.7 Å². The molecule has 16 heteroatoms. The zero-order chi connectivity index (χ0) is 49.4. The summed E-state index contributed by atoms with van der Waals surface area (Å²) in [6.07, 6.45) is -1.47. The summed E-state index contributed by atoms with van der Waals surface area (Å²) in [5, 5.41) is 12.4. The van der Waals surface area contributed by atoms with E-state index < -0.39 is 55.9 Å². The highest BCUT2D eigenvalue weighted by Crippen LogP contribution is 2.58. The van der Waals surface area contributed by atoms with Crippen LogP contribution in [0.5, 0.6) is 11.5 Å². The van der Waals surface area contributed by atoms with Crippen molar-refractivity contribution in [3.8, 4) is 17.6 Å². The third kappa shape index (κ3) is 10.6.